The van der Waals surface area contributed by atoms with Crippen molar-refractivity contribution < 1.29 is 9.18 Å². The van der Waals surface area contributed by atoms with Gasteiger partial charge in [-0.3, -0.25) is 9.48 Å². The Bertz CT molecular complexity index is 896. The fourth-order valence-electron chi connectivity index (χ4n) is 4.60. The first-order valence-electron chi connectivity index (χ1n) is 11.1. The van der Waals surface area contributed by atoms with E-state index in [1.54, 1.807) is 12.1 Å². The highest BCUT2D eigenvalue weighted by Gasteiger charge is 2.31. The molecule has 2 heterocycles. The van der Waals surface area contributed by atoms with Gasteiger partial charge >= 0.3 is 0 Å². The van der Waals surface area contributed by atoms with Gasteiger partial charge in [-0.1, -0.05) is 12.1 Å². The normalized spacial score (nSPS) is 20.1. The zero-order chi connectivity index (χ0) is 21.1. The van der Waals surface area contributed by atoms with E-state index in [2.05, 4.69) is 24.2 Å². The van der Waals surface area contributed by atoms with E-state index in [1.807, 2.05) is 15.6 Å². The highest BCUT2D eigenvalue weighted by atomic mass is 19.1. The molecule has 4 rings (SSSR count). The predicted octanol–water partition coefficient (Wildman–Crippen LogP) is 2.47. The van der Waals surface area contributed by atoms with Crippen molar-refractivity contribution in [2.45, 2.75) is 51.7 Å². The summed E-state index contributed by atoms with van der Waals surface area (Å²) in [6, 6.07) is 6.98. The topological polar surface area (TPSA) is 53.4 Å². The smallest absolute Gasteiger partial charge is 0.274 e. The second-order valence-corrected chi connectivity index (χ2v) is 8.49. The van der Waals surface area contributed by atoms with Crippen LogP contribution in [0.15, 0.2) is 24.3 Å². The van der Waals surface area contributed by atoms with Crippen LogP contribution in [0.4, 0.5) is 4.39 Å². The molecule has 1 aliphatic carbocycles. The van der Waals surface area contributed by atoms with Crippen LogP contribution in [0, 0.1) is 5.82 Å². The second-order valence-electron chi connectivity index (χ2n) is 8.49. The Hall–Kier alpha value is -2.25. The number of aromatic nitrogens is 2. The van der Waals surface area contributed by atoms with Crippen LogP contribution < -0.4 is 5.32 Å². The molecule has 0 radical (unpaired) electrons. The lowest BCUT2D eigenvalue weighted by molar-refractivity contribution is 0.0754. The summed E-state index contributed by atoms with van der Waals surface area (Å²) in [6.07, 6.45) is 3.69. The summed E-state index contributed by atoms with van der Waals surface area (Å²) < 4.78 is 15.5. The highest BCUT2D eigenvalue weighted by Crippen LogP contribution is 2.26. The molecule has 2 aliphatic rings. The van der Waals surface area contributed by atoms with Crippen molar-refractivity contribution >= 4 is 5.91 Å². The standard InChI is InChI=1S/C23H32FN5O/c1-3-29-21-9-8-19(25-16-17-6-4-7-18(24)14-17)15-20(21)22(26-29)23(30)28-11-5-10-27(2)12-13-28/h4,6-7,14,19,25H,3,5,8-13,15-16H2,1-2H3. The summed E-state index contributed by atoms with van der Waals surface area (Å²) in [4.78, 5) is 17.6. The van der Waals surface area contributed by atoms with Crippen LogP contribution in [-0.4, -0.2) is 64.8 Å². The second kappa shape index (κ2) is 9.27. The number of hydrogen-bond donors (Lipinski definition) is 1. The van der Waals surface area contributed by atoms with Gasteiger partial charge in [-0.05, 0) is 63.9 Å². The maximum atomic E-state index is 13.5. The predicted molar refractivity (Wildman–Crippen MR) is 115 cm³/mol. The lowest BCUT2D eigenvalue weighted by Crippen LogP contribution is -2.37. The van der Waals surface area contributed by atoms with Crippen molar-refractivity contribution in [3.8, 4) is 0 Å². The lowest BCUT2D eigenvalue weighted by Gasteiger charge is -2.25. The van der Waals surface area contributed by atoms with E-state index in [0.29, 0.717) is 12.2 Å². The van der Waals surface area contributed by atoms with E-state index in [-0.39, 0.29) is 17.8 Å². The average molecular weight is 414 g/mol. The molecule has 0 spiro atoms. The van der Waals surface area contributed by atoms with E-state index in [0.717, 1.165) is 69.5 Å². The number of amides is 1. The Labute approximate surface area is 178 Å². The first-order valence-corrected chi connectivity index (χ1v) is 11.1. The summed E-state index contributed by atoms with van der Waals surface area (Å²) in [5, 5.41) is 8.29. The number of carbonyl (C=O) groups excluding carboxylic acids is 1. The van der Waals surface area contributed by atoms with Crippen LogP contribution in [0.5, 0.6) is 0 Å². The number of carbonyl (C=O) groups is 1. The molecule has 0 bridgehead atoms. The third-order valence-corrected chi connectivity index (χ3v) is 6.34. The van der Waals surface area contributed by atoms with Crippen molar-refractivity contribution in [1.29, 1.82) is 0 Å². The lowest BCUT2D eigenvalue weighted by atomic mass is 9.91. The zero-order valence-electron chi connectivity index (χ0n) is 18.0. The number of benzene rings is 1. The van der Waals surface area contributed by atoms with E-state index in [4.69, 9.17) is 5.10 Å². The van der Waals surface area contributed by atoms with Crippen molar-refractivity contribution in [2.24, 2.45) is 0 Å². The van der Waals surface area contributed by atoms with Gasteiger partial charge in [0.15, 0.2) is 5.69 Å². The molecule has 1 aliphatic heterocycles. The molecule has 1 atom stereocenters. The molecule has 30 heavy (non-hydrogen) atoms. The number of halogens is 1. The van der Waals surface area contributed by atoms with Gasteiger partial charge in [0.05, 0.1) is 0 Å². The van der Waals surface area contributed by atoms with Gasteiger partial charge in [0.1, 0.15) is 5.82 Å². The molecule has 1 aromatic carbocycles. The monoisotopic (exact) mass is 413 g/mol. The van der Waals surface area contributed by atoms with E-state index in [9.17, 15) is 9.18 Å². The first kappa shape index (κ1) is 21.0. The number of nitrogens with zero attached hydrogens (tertiary/aromatic N) is 4. The Morgan fingerprint density at radius 3 is 2.93 bits per heavy atom. The fraction of sp³-hybridized carbons (Fsp3) is 0.565. The van der Waals surface area contributed by atoms with Crippen LogP contribution >= 0.6 is 0 Å². The quantitative estimate of drug-likeness (QED) is 0.818. The minimum Gasteiger partial charge on any atom is -0.336 e. The van der Waals surface area contributed by atoms with Crippen molar-refractivity contribution in [3.63, 3.8) is 0 Å². The number of nitrogens with one attached hydrogen (secondary N) is 1. The third-order valence-electron chi connectivity index (χ3n) is 6.34. The van der Waals surface area contributed by atoms with Gasteiger partial charge in [-0.2, -0.15) is 5.10 Å². The number of rotatable bonds is 5. The SMILES string of the molecule is CCn1nc(C(=O)N2CCCN(C)CC2)c2c1CCC(NCc1cccc(F)c1)C2. The molecule has 7 heteroatoms. The van der Waals surface area contributed by atoms with Crippen LogP contribution in [0.3, 0.4) is 0 Å². The van der Waals surface area contributed by atoms with E-state index < -0.39 is 0 Å². The minimum absolute atomic E-state index is 0.0690. The van der Waals surface area contributed by atoms with Crippen LogP contribution in [0.2, 0.25) is 0 Å². The van der Waals surface area contributed by atoms with Gasteiger partial charge in [-0.25, -0.2) is 4.39 Å². The number of fused-ring (bicyclic) bond motifs is 1. The Morgan fingerprint density at radius 2 is 2.13 bits per heavy atom. The molecule has 2 aromatic rings. The highest BCUT2D eigenvalue weighted by molar-refractivity contribution is 5.94. The van der Waals surface area contributed by atoms with Gasteiger partial charge in [0.2, 0.25) is 0 Å². The molecule has 1 aromatic heterocycles. The van der Waals surface area contributed by atoms with Crippen molar-refractivity contribution in [2.75, 3.05) is 33.2 Å². The van der Waals surface area contributed by atoms with Crippen molar-refractivity contribution in [3.05, 3.63) is 52.6 Å². The Morgan fingerprint density at radius 1 is 1.27 bits per heavy atom. The minimum atomic E-state index is -0.208. The van der Waals surface area contributed by atoms with Crippen LogP contribution in [0.1, 0.15) is 47.1 Å². The molecule has 1 amide bonds. The summed E-state index contributed by atoms with van der Waals surface area (Å²) in [5.74, 6) is -0.139. The Balaban J connectivity index is 1.49. The molecule has 0 saturated carbocycles. The van der Waals surface area contributed by atoms with E-state index in [1.165, 1.54) is 11.8 Å². The van der Waals surface area contributed by atoms with Crippen LogP contribution in [0.25, 0.3) is 0 Å². The molecule has 1 unspecified atom stereocenters. The number of likely N-dealkylation sites (N-methyl/N-ethyl adjacent to an activating group) is 1. The van der Waals surface area contributed by atoms with E-state index >= 15 is 0 Å². The number of hydrogen-bond acceptors (Lipinski definition) is 4. The van der Waals surface area contributed by atoms with Gasteiger partial charge in [0, 0.05) is 50.0 Å². The first-order chi connectivity index (χ1) is 14.5. The molecule has 6 nitrogen and oxygen atoms in total. The third kappa shape index (κ3) is 4.57. The molecule has 162 valence electrons. The largest absolute Gasteiger partial charge is 0.336 e. The Kier molecular flexibility index (Phi) is 6.49. The molecule has 1 N–H and O–H groups in total. The zero-order valence-corrected chi connectivity index (χ0v) is 18.0. The van der Waals surface area contributed by atoms with Gasteiger partial charge < -0.3 is 15.1 Å². The summed E-state index contributed by atoms with van der Waals surface area (Å²) in [5.41, 5.74) is 3.88. The maximum Gasteiger partial charge on any atom is 0.274 e. The van der Waals surface area contributed by atoms with Crippen molar-refractivity contribution in [1.82, 2.24) is 24.9 Å². The molecular formula is C23H32FN5O. The maximum absolute atomic E-state index is 13.5. The van der Waals surface area contributed by atoms with Crippen LogP contribution in [-0.2, 0) is 25.9 Å². The molecule has 1 saturated heterocycles. The van der Waals surface area contributed by atoms with Gasteiger partial charge in [-0.15, -0.1) is 0 Å². The molecular weight excluding hydrogens is 381 g/mol. The average Bonchev–Trinajstić information content (AvgIpc) is 2.97. The summed E-state index contributed by atoms with van der Waals surface area (Å²) in [6.45, 7) is 6.96. The fourth-order valence-corrected chi connectivity index (χ4v) is 4.60. The van der Waals surface area contributed by atoms with Gasteiger partial charge in [0.25, 0.3) is 5.91 Å². The molecule has 1 fully saturated rings. The number of aryl methyl sites for hydroxylation is 1. The summed E-state index contributed by atoms with van der Waals surface area (Å²) >= 11 is 0. The summed E-state index contributed by atoms with van der Waals surface area (Å²) in [7, 11) is 2.11.